The molecule has 43 heavy (non-hydrogen) atoms. The summed E-state index contributed by atoms with van der Waals surface area (Å²) in [5.41, 5.74) is 13.2. The number of nitrogens with two attached hydrogens (primary N) is 1. The third kappa shape index (κ3) is 8.70. The fraction of sp³-hybridized carbons (Fsp3) is 0.343. The van der Waals surface area contributed by atoms with E-state index in [9.17, 15) is 4.79 Å². The summed E-state index contributed by atoms with van der Waals surface area (Å²) in [6, 6.07) is 22.0. The Bertz CT molecular complexity index is 1510. The van der Waals surface area contributed by atoms with Crippen LogP contribution in [-0.2, 0) is 11.3 Å². The van der Waals surface area contributed by atoms with Crippen LogP contribution in [-0.4, -0.2) is 59.2 Å². The number of pyridine rings is 2. The molecule has 3 heterocycles. The molecule has 1 aliphatic rings. The Labute approximate surface area is 254 Å². The Morgan fingerprint density at radius 3 is 2.53 bits per heavy atom. The normalized spacial score (nSPS) is 15.4. The number of rotatable bonds is 11. The number of likely N-dealkylation sites (tertiary alicyclic amines) is 1. The summed E-state index contributed by atoms with van der Waals surface area (Å²) in [4.78, 5) is 24.7. The third-order valence-corrected chi connectivity index (χ3v) is 7.43. The van der Waals surface area contributed by atoms with Gasteiger partial charge in [-0.25, -0.2) is 0 Å². The number of aryl methyl sites for hydroxylation is 1. The van der Waals surface area contributed by atoms with Crippen molar-refractivity contribution in [3.63, 3.8) is 0 Å². The van der Waals surface area contributed by atoms with Gasteiger partial charge in [0.2, 0.25) is 0 Å². The molecule has 1 saturated heterocycles. The van der Waals surface area contributed by atoms with E-state index in [-0.39, 0.29) is 18.1 Å². The summed E-state index contributed by atoms with van der Waals surface area (Å²) in [6.07, 6.45) is 5.87. The number of benzene rings is 2. The van der Waals surface area contributed by atoms with E-state index in [2.05, 4.69) is 32.3 Å². The largest absolute Gasteiger partial charge is 0.491 e. The highest BCUT2D eigenvalue weighted by atomic mass is 16.5. The van der Waals surface area contributed by atoms with Crippen LogP contribution >= 0.6 is 0 Å². The Balaban J connectivity index is 1.32. The lowest BCUT2D eigenvalue weighted by Gasteiger charge is -2.30. The van der Waals surface area contributed by atoms with E-state index in [1.54, 1.807) is 6.20 Å². The van der Waals surface area contributed by atoms with Crippen LogP contribution in [0.1, 0.15) is 48.4 Å². The zero-order valence-electron chi connectivity index (χ0n) is 25.3. The zero-order chi connectivity index (χ0) is 30.2. The molecule has 0 unspecified atom stereocenters. The molecule has 224 valence electrons. The molecule has 2 aromatic heterocycles. The molecule has 4 aromatic rings. The summed E-state index contributed by atoms with van der Waals surface area (Å²) in [5.74, 6) is 0.506. The minimum Gasteiger partial charge on any atom is -0.491 e. The highest BCUT2D eigenvalue weighted by molar-refractivity contribution is 6.03. The van der Waals surface area contributed by atoms with Crippen molar-refractivity contribution in [2.24, 2.45) is 5.73 Å². The van der Waals surface area contributed by atoms with Crippen molar-refractivity contribution in [2.45, 2.75) is 52.3 Å². The van der Waals surface area contributed by atoms with Crippen LogP contribution in [0.3, 0.4) is 0 Å². The minimum atomic E-state index is -0.267. The molecule has 0 spiro atoms. The summed E-state index contributed by atoms with van der Waals surface area (Å²) < 4.78 is 11.3. The summed E-state index contributed by atoms with van der Waals surface area (Å²) in [6.45, 7) is 9.66. The van der Waals surface area contributed by atoms with E-state index in [0.717, 1.165) is 77.4 Å². The van der Waals surface area contributed by atoms with Gasteiger partial charge in [0.15, 0.2) is 0 Å². The summed E-state index contributed by atoms with van der Waals surface area (Å²) in [7, 11) is 0. The second-order valence-corrected chi connectivity index (χ2v) is 11.4. The van der Waals surface area contributed by atoms with Crippen LogP contribution in [0.25, 0.3) is 22.3 Å². The van der Waals surface area contributed by atoms with Gasteiger partial charge in [-0.2, -0.15) is 0 Å². The van der Waals surface area contributed by atoms with E-state index in [4.69, 9.17) is 15.2 Å². The number of ether oxygens (including phenoxy) is 2. The highest BCUT2D eigenvalue weighted by Gasteiger charge is 2.18. The van der Waals surface area contributed by atoms with Crippen LogP contribution in [0.15, 0.2) is 79.1 Å². The molecule has 1 amide bonds. The smallest absolute Gasteiger partial charge is 0.274 e. The fourth-order valence-electron chi connectivity index (χ4n) is 5.27. The van der Waals surface area contributed by atoms with Crippen molar-refractivity contribution in [3.8, 4) is 28.0 Å². The molecule has 1 atom stereocenters. The fourth-order valence-corrected chi connectivity index (χ4v) is 5.27. The molecule has 0 aliphatic carbocycles. The molecule has 8 nitrogen and oxygen atoms in total. The molecule has 1 fully saturated rings. The lowest BCUT2D eigenvalue weighted by Crippen LogP contribution is -2.42. The first-order valence-electron chi connectivity index (χ1n) is 15.0. The number of hydrogen-bond acceptors (Lipinski definition) is 7. The van der Waals surface area contributed by atoms with Crippen molar-refractivity contribution < 1.29 is 14.3 Å². The van der Waals surface area contributed by atoms with E-state index < -0.39 is 0 Å². The third-order valence-electron chi connectivity index (χ3n) is 7.43. The van der Waals surface area contributed by atoms with Gasteiger partial charge in [0.25, 0.3) is 5.91 Å². The number of carbonyl (C=O) groups is 1. The number of amides is 1. The number of anilines is 1. The van der Waals surface area contributed by atoms with Crippen LogP contribution < -0.4 is 15.8 Å². The van der Waals surface area contributed by atoms with E-state index in [0.29, 0.717) is 18.9 Å². The Kier molecular flexibility index (Phi) is 10.1. The van der Waals surface area contributed by atoms with Crippen LogP contribution in [0, 0.1) is 6.92 Å². The molecular weight excluding hydrogens is 538 g/mol. The first-order valence-corrected chi connectivity index (χ1v) is 15.0. The molecule has 2 aromatic carbocycles. The SMILES string of the molecule is Cc1ccc(-c2cc(CN3CCC[C@H](N)C3)cc(NC(=O)c3cc(-c4ccc(OCCOC(C)C)cc4)ccn3)c2)cn1. The minimum absolute atomic E-state index is 0.180. The summed E-state index contributed by atoms with van der Waals surface area (Å²) in [5, 5.41) is 3.09. The van der Waals surface area contributed by atoms with Crippen LogP contribution in [0.5, 0.6) is 5.75 Å². The molecule has 3 N–H and O–H groups in total. The highest BCUT2D eigenvalue weighted by Crippen LogP contribution is 2.27. The van der Waals surface area contributed by atoms with Gasteiger partial charge in [-0.05, 0) is 111 Å². The maximum atomic E-state index is 13.4. The second kappa shape index (κ2) is 14.4. The van der Waals surface area contributed by atoms with Crippen molar-refractivity contribution in [1.29, 1.82) is 0 Å². The standard InChI is InChI=1S/C35H41N5O3/c1-24(2)42-15-16-43-33-10-8-27(9-11-33)28-12-13-37-34(20-28)35(41)39-32-18-26(22-40-14-4-5-31(36)23-40)17-30(19-32)29-7-6-25(3)38-21-29/h6-13,17-21,24,31H,4-5,14-16,22-23,36H2,1-3H3,(H,39,41)/t31-/m0/s1. The quantitative estimate of drug-likeness (QED) is 0.207. The topological polar surface area (TPSA) is 103 Å². The maximum absolute atomic E-state index is 13.4. The van der Waals surface area contributed by atoms with Crippen molar-refractivity contribution in [3.05, 3.63) is 96.1 Å². The van der Waals surface area contributed by atoms with Gasteiger partial charge in [0.05, 0.1) is 12.7 Å². The Morgan fingerprint density at radius 2 is 1.79 bits per heavy atom. The van der Waals surface area contributed by atoms with Gasteiger partial charge in [0, 0.05) is 48.5 Å². The van der Waals surface area contributed by atoms with E-state index in [1.165, 1.54) is 0 Å². The lowest BCUT2D eigenvalue weighted by atomic mass is 10.0. The predicted octanol–water partition coefficient (Wildman–Crippen LogP) is 6.10. The zero-order valence-corrected chi connectivity index (χ0v) is 25.3. The van der Waals surface area contributed by atoms with Crippen molar-refractivity contribution in [1.82, 2.24) is 14.9 Å². The van der Waals surface area contributed by atoms with Gasteiger partial charge >= 0.3 is 0 Å². The van der Waals surface area contributed by atoms with Gasteiger partial charge < -0.3 is 20.5 Å². The maximum Gasteiger partial charge on any atom is 0.274 e. The molecule has 0 saturated carbocycles. The number of nitrogens with one attached hydrogen (secondary N) is 1. The summed E-state index contributed by atoms with van der Waals surface area (Å²) >= 11 is 0. The molecule has 0 radical (unpaired) electrons. The second-order valence-electron chi connectivity index (χ2n) is 11.4. The number of aromatic nitrogens is 2. The Morgan fingerprint density at radius 1 is 0.977 bits per heavy atom. The monoisotopic (exact) mass is 579 g/mol. The number of nitrogens with zero attached hydrogens (tertiary/aromatic N) is 3. The van der Waals surface area contributed by atoms with E-state index >= 15 is 0 Å². The first kappa shape index (κ1) is 30.4. The van der Waals surface area contributed by atoms with Crippen molar-refractivity contribution in [2.75, 3.05) is 31.6 Å². The molecular formula is C35H41N5O3. The molecule has 5 rings (SSSR count). The number of carbonyl (C=O) groups excluding carboxylic acids is 1. The number of hydrogen-bond donors (Lipinski definition) is 2. The van der Waals surface area contributed by atoms with Crippen LogP contribution in [0.4, 0.5) is 5.69 Å². The van der Waals surface area contributed by atoms with Crippen LogP contribution in [0.2, 0.25) is 0 Å². The lowest BCUT2D eigenvalue weighted by molar-refractivity contribution is 0.0553. The molecule has 1 aliphatic heterocycles. The van der Waals surface area contributed by atoms with Crippen molar-refractivity contribution >= 4 is 11.6 Å². The van der Waals surface area contributed by atoms with E-state index in [1.807, 2.05) is 81.6 Å². The van der Waals surface area contributed by atoms with Gasteiger partial charge in [0.1, 0.15) is 18.1 Å². The molecule has 0 bridgehead atoms. The predicted molar refractivity (Wildman–Crippen MR) is 171 cm³/mol. The van der Waals surface area contributed by atoms with Gasteiger partial charge in [-0.15, -0.1) is 0 Å². The van der Waals surface area contributed by atoms with Gasteiger partial charge in [-0.1, -0.05) is 18.2 Å². The molecule has 8 heteroatoms. The first-order chi connectivity index (χ1) is 20.8. The van der Waals surface area contributed by atoms with Gasteiger partial charge in [-0.3, -0.25) is 19.7 Å². The Hall–Kier alpha value is -4.11. The average molecular weight is 580 g/mol. The average Bonchev–Trinajstić information content (AvgIpc) is 3.00. The number of piperidine rings is 1.